The third-order valence-corrected chi connectivity index (χ3v) is 3.76. The molecule has 6 nitrogen and oxygen atoms in total. The number of rotatable bonds is 6. The summed E-state index contributed by atoms with van der Waals surface area (Å²) >= 11 is 0. The molecule has 3 rings (SSSR count). The molecule has 2 aromatic carbocycles. The van der Waals surface area contributed by atoms with E-state index < -0.39 is 5.97 Å². The first-order chi connectivity index (χ1) is 12.1. The van der Waals surface area contributed by atoms with Gasteiger partial charge in [0.15, 0.2) is 18.1 Å². The van der Waals surface area contributed by atoms with E-state index in [9.17, 15) is 9.59 Å². The normalized spacial score (nSPS) is 11.9. The van der Waals surface area contributed by atoms with E-state index in [1.165, 1.54) is 0 Å². The van der Waals surface area contributed by atoms with E-state index in [0.29, 0.717) is 18.0 Å². The van der Waals surface area contributed by atoms with Crippen LogP contribution in [0.25, 0.3) is 0 Å². The molecule has 1 amide bonds. The van der Waals surface area contributed by atoms with Crippen molar-refractivity contribution in [2.24, 2.45) is 0 Å². The molecule has 0 saturated heterocycles. The van der Waals surface area contributed by atoms with Gasteiger partial charge in [0.05, 0.1) is 6.42 Å². The van der Waals surface area contributed by atoms with Gasteiger partial charge in [0.25, 0.3) is 5.91 Å². The maximum Gasteiger partial charge on any atom is 0.310 e. The highest BCUT2D eigenvalue weighted by atomic mass is 16.7. The lowest BCUT2D eigenvalue weighted by molar-refractivity contribution is -0.147. The molecule has 0 unspecified atom stereocenters. The molecular formula is C19H19NO5. The van der Waals surface area contributed by atoms with Gasteiger partial charge in [-0.1, -0.05) is 35.9 Å². The molecule has 2 aromatic rings. The molecule has 0 fully saturated rings. The highest BCUT2D eigenvalue weighted by Gasteiger charge is 2.14. The fraction of sp³-hybridized carbons (Fsp3) is 0.263. The van der Waals surface area contributed by atoms with Crippen LogP contribution in [-0.2, 0) is 27.3 Å². The van der Waals surface area contributed by atoms with Crippen LogP contribution in [0.3, 0.4) is 0 Å². The average molecular weight is 341 g/mol. The lowest BCUT2D eigenvalue weighted by Gasteiger charge is -2.07. The van der Waals surface area contributed by atoms with Gasteiger partial charge in [-0.15, -0.1) is 0 Å². The first kappa shape index (κ1) is 16.8. The summed E-state index contributed by atoms with van der Waals surface area (Å²) in [6.45, 7) is 2.22. The van der Waals surface area contributed by atoms with Gasteiger partial charge in [-0.2, -0.15) is 0 Å². The summed E-state index contributed by atoms with van der Waals surface area (Å²) in [6.07, 6.45) is 0.149. The standard InChI is InChI=1S/C19H19NO5/c1-13-2-4-14(5-3-13)9-19(22)23-11-18(21)20-10-15-6-7-16-17(8-15)25-12-24-16/h2-8H,9-12H2,1H3,(H,20,21). The summed E-state index contributed by atoms with van der Waals surface area (Å²) < 4.78 is 15.5. The van der Waals surface area contributed by atoms with Crippen molar-refractivity contribution >= 4 is 11.9 Å². The quantitative estimate of drug-likeness (QED) is 0.815. The molecule has 1 heterocycles. The molecule has 0 radical (unpaired) electrons. The van der Waals surface area contributed by atoms with E-state index in [1.807, 2.05) is 43.3 Å². The van der Waals surface area contributed by atoms with Crippen LogP contribution in [0.1, 0.15) is 16.7 Å². The maximum atomic E-state index is 11.8. The highest BCUT2D eigenvalue weighted by molar-refractivity contribution is 5.81. The van der Waals surface area contributed by atoms with Crippen molar-refractivity contribution in [3.05, 3.63) is 59.2 Å². The van der Waals surface area contributed by atoms with E-state index in [1.54, 1.807) is 6.07 Å². The second kappa shape index (κ2) is 7.70. The topological polar surface area (TPSA) is 73.9 Å². The van der Waals surface area contributed by atoms with Crippen LogP contribution in [0, 0.1) is 6.92 Å². The minimum Gasteiger partial charge on any atom is -0.455 e. The van der Waals surface area contributed by atoms with Gasteiger partial charge >= 0.3 is 5.97 Å². The number of esters is 1. The second-order valence-corrected chi connectivity index (χ2v) is 5.79. The third-order valence-electron chi connectivity index (χ3n) is 3.76. The average Bonchev–Trinajstić information content (AvgIpc) is 3.08. The summed E-state index contributed by atoms with van der Waals surface area (Å²) in [7, 11) is 0. The molecule has 0 aromatic heterocycles. The van der Waals surface area contributed by atoms with E-state index in [4.69, 9.17) is 14.2 Å². The molecule has 1 aliphatic rings. The predicted octanol–water partition coefficient (Wildman–Crippen LogP) is 2.13. The van der Waals surface area contributed by atoms with Crippen molar-refractivity contribution in [3.8, 4) is 11.5 Å². The van der Waals surface area contributed by atoms with Gasteiger partial charge in [0, 0.05) is 6.54 Å². The monoisotopic (exact) mass is 341 g/mol. The third kappa shape index (κ3) is 4.73. The van der Waals surface area contributed by atoms with Crippen molar-refractivity contribution in [1.82, 2.24) is 5.32 Å². The Morgan fingerprint density at radius 1 is 1.04 bits per heavy atom. The summed E-state index contributed by atoms with van der Waals surface area (Å²) in [4.78, 5) is 23.6. The molecule has 6 heteroatoms. The van der Waals surface area contributed by atoms with Crippen LogP contribution in [0.15, 0.2) is 42.5 Å². The second-order valence-electron chi connectivity index (χ2n) is 5.79. The molecule has 0 atom stereocenters. The maximum absolute atomic E-state index is 11.8. The van der Waals surface area contributed by atoms with Gasteiger partial charge in [0.1, 0.15) is 0 Å². The SMILES string of the molecule is Cc1ccc(CC(=O)OCC(=O)NCc2ccc3c(c2)OCO3)cc1. The van der Waals surface area contributed by atoms with E-state index in [2.05, 4.69) is 5.32 Å². The number of hydrogen-bond donors (Lipinski definition) is 1. The van der Waals surface area contributed by atoms with Crippen LogP contribution in [0.5, 0.6) is 11.5 Å². The summed E-state index contributed by atoms with van der Waals surface area (Å²) in [5, 5.41) is 2.70. The molecule has 0 spiro atoms. The largest absolute Gasteiger partial charge is 0.455 e. The van der Waals surface area contributed by atoms with Crippen LogP contribution in [0.2, 0.25) is 0 Å². The smallest absolute Gasteiger partial charge is 0.310 e. The molecule has 1 N–H and O–H groups in total. The van der Waals surface area contributed by atoms with E-state index >= 15 is 0 Å². The zero-order chi connectivity index (χ0) is 17.6. The Kier molecular flexibility index (Phi) is 5.18. The molecular weight excluding hydrogens is 322 g/mol. The number of amides is 1. The van der Waals surface area contributed by atoms with E-state index in [0.717, 1.165) is 16.7 Å². The minimum absolute atomic E-state index is 0.149. The molecule has 0 aliphatic carbocycles. The Morgan fingerprint density at radius 3 is 2.56 bits per heavy atom. The molecule has 25 heavy (non-hydrogen) atoms. The fourth-order valence-electron chi connectivity index (χ4n) is 2.37. The van der Waals surface area contributed by atoms with E-state index in [-0.39, 0.29) is 25.7 Å². The zero-order valence-electron chi connectivity index (χ0n) is 13.9. The van der Waals surface area contributed by atoms with Crippen LogP contribution in [-0.4, -0.2) is 25.3 Å². The molecule has 130 valence electrons. The molecule has 0 saturated carbocycles. The van der Waals surface area contributed by atoms with Crippen molar-refractivity contribution < 1.29 is 23.8 Å². The number of carbonyl (C=O) groups is 2. The van der Waals surface area contributed by atoms with Gasteiger partial charge in [-0.3, -0.25) is 9.59 Å². The molecule has 0 bridgehead atoms. The van der Waals surface area contributed by atoms with Crippen molar-refractivity contribution in [2.75, 3.05) is 13.4 Å². The Hall–Kier alpha value is -3.02. The Morgan fingerprint density at radius 2 is 1.76 bits per heavy atom. The lowest BCUT2D eigenvalue weighted by Crippen LogP contribution is -2.28. The number of nitrogens with one attached hydrogen (secondary N) is 1. The van der Waals surface area contributed by atoms with Crippen LogP contribution >= 0.6 is 0 Å². The Labute approximate surface area is 145 Å². The first-order valence-electron chi connectivity index (χ1n) is 7.96. The fourth-order valence-corrected chi connectivity index (χ4v) is 2.37. The van der Waals surface area contributed by atoms with Gasteiger partial charge in [-0.05, 0) is 30.2 Å². The Bertz CT molecular complexity index is 770. The van der Waals surface area contributed by atoms with Gasteiger partial charge in [-0.25, -0.2) is 0 Å². The number of carbonyl (C=O) groups excluding carboxylic acids is 2. The van der Waals surface area contributed by atoms with Crippen molar-refractivity contribution in [3.63, 3.8) is 0 Å². The number of aryl methyl sites for hydroxylation is 1. The van der Waals surface area contributed by atoms with Crippen molar-refractivity contribution in [1.29, 1.82) is 0 Å². The minimum atomic E-state index is -0.429. The number of hydrogen-bond acceptors (Lipinski definition) is 5. The lowest BCUT2D eigenvalue weighted by atomic mass is 10.1. The molecule has 1 aliphatic heterocycles. The highest BCUT2D eigenvalue weighted by Crippen LogP contribution is 2.32. The predicted molar refractivity (Wildman–Crippen MR) is 90.3 cm³/mol. The van der Waals surface area contributed by atoms with Gasteiger partial charge in [0.2, 0.25) is 6.79 Å². The van der Waals surface area contributed by atoms with Crippen LogP contribution < -0.4 is 14.8 Å². The summed E-state index contributed by atoms with van der Waals surface area (Å²) in [6, 6.07) is 13.1. The Balaban J connectivity index is 1.40. The van der Waals surface area contributed by atoms with Crippen LogP contribution in [0.4, 0.5) is 0 Å². The zero-order valence-corrected chi connectivity index (χ0v) is 13.9. The number of ether oxygens (including phenoxy) is 3. The summed E-state index contributed by atoms with van der Waals surface area (Å²) in [5.74, 6) is 0.577. The summed E-state index contributed by atoms with van der Waals surface area (Å²) in [5.41, 5.74) is 2.86. The van der Waals surface area contributed by atoms with Gasteiger partial charge < -0.3 is 19.5 Å². The number of fused-ring (bicyclic) bond motifs is 1. The first-order valence-corrected chi connectivity index (χ1v) is 7.96. The number of benzene rings is 2. The van der Waals surface area contributed by atoms with Crippen molar-refractivity contribution in [2.45, 2.75) is 19.9 Å².